The summed E-state index contributed by atoms with van der Waals surface area (Å²) in [4.78, 5) is 24.6. The van der Waals surface area contributed by atoms with Crippen molar-refractivity contribution in [3.8, 4) is 23.2 Å². The summed E-state index contributed by atoms with van der Waals surface area (Å²) in [6.07, 6.45) is 1.36. The number of carbonyl (C=O) groups is 1. The number of halogens is 3. The molecule has 2 aromatic carbocycles. The molecule has 0 saturated heterocycles. The minimum absolute atomic E-state index is 0.252. The van der Waals surface area contributed by atoms with Gasteiger partial charge < -0.3 is 14.8 Å². The zero-order chi connectivity index (χ0) is 22.6. The highest BCUT2D eigenvalue weighted by Crippen LogP contribution is 2.27. The van der Waals surface area contributed by atoms with Crippen LogP contribution in [0.1, 0.15) is 10.4 Å². The number of hydrogen-bond acceptors (Lipinski definition) is 6. The number of nitrogens with zero attached hydrogens (tertiary/aromatic N) is 4. The van der Waals surface area contributed by atoms with Gasteiger partial charge >= 0.3 is 6.36 Å². The fraction of sp³-hybridized carbons (Fsp3) is 0.0476. The molecule has 0 aliphatic carbocycles. The number of imidazole rings is 1. The second-order valence-electron chi connectivity index (χ2n) is 6.31. The summed E-state index contributed by atoms with van der Waals surface area (Å²) in [6.45, 7) is 0. The Morgan fingerprint density at radius 3 is 2.53 bits per heavy atom. The monoisotopic (exact) mass is 441 g/mol. The summed E-state index contributed by atoms with van der Waals surface area (Å²) in [5.74, 6) is -0.0527. The average molecular weight is 441 g/mol. The largest absolute Gasteiger partial charge is 0.573 e. The van der Waals surface area contributed by atoms with Crippen LogP contribution in [-0.4, -0.2) is 31.8 Å². The molecule has 0 aliphatic heterocycles. The zero-order valence-electron chi connectivity index (χ0n) is 16.2. The first kappa shape index (κ1) is 20.8. The lowest BCUT2D eigenvalue weighted by molar-refractivity contribution is -0.274. The number of rotatable bonds is 6. The van der Waals surface area contributed by atoms with E-state index in [0.29, 0.717) is 23.1 Å². The molecule has 0 bridgehead atoms. The van der Waals surface area contributed by atoms with Crippen LogP contribution >= 0.6 is 0 Å². The van der Waals surface area contributed by atoms with Crippen LogP contribution in [0.3, 0.4) is 0 Å². The van der Waals surface area contributed by atoms with Crippen molar-refractivity contribution in [1.29, 1.82) is 0 Å². The Hall–Kier alpha value is -4.41. The van der Waals surface area contributed by atoms with Crippen molar-refractivity contribution in [2.24, 2.45) is 0 Å². The van der Waals surface area contributed by atoms with Crippen molar-refractivity contribution in [2.75, 3.05) is 5.32 Å². The maximum absolute atomic E-state index is 12.6. The lowest BCUT2D eigenvalue weighted by Crippen LogP contribution is -2.20. The molecule has 162 valence electrons. The van der Waals surface area contributed by atoms with E-state index in [-0.39, 0.29) is 5.56 Å². The van der Waals surface area contributed by atoms with E-state index in [1.54, 1.807) is 53.6 Å². The van der Waals surface area contributed by atoms with Gasteiger partial charge in [-0.15, -0.1) is 13.2 Å². The van der Waals surface area contributed by atoms with Crippen LogP contribution in [0.2, 0.25) is 0 Å². The van der Waals surface area contributed by atoms with Crippen LogP contribution in [0.5, 0.6) is 17.4 Å². The van der Waals surface area contributed by atoms with Crippen LogP contribution in [0.25, 0.3) is 5.82 Å². The van der Waals surface area contributed by atoms with Gasteiger partial charge in [0.05, 0.1) is 5.56 Å². The zero-order valence-corrected chi connectivity index (χ0v) is 16.2. The molecule has 4 aromatic rings. The Kier molecular flexibility index (Phi) is 5.71. The highest BCUT2D eigenvalue weighted by atomic mass is 19.4. The van der Waals surface area contributed by atoms with E-state index >= 15 is 0 Å². The summed E-state index contributed by atoms with van der Waals surface area (Å²) in [7, 11) is 0. The number of ether oxygens (including phenoxy) is 2. The molecule has 1 N–H and O–H groups in total. The normalized spacial score (nSPS) is 11.1. The average Bonchev–Trinajstić information content (AvgIpc) is 3.30. The van der Waals surface area contributed by atoms with E-state index in [0.717, 1.165) is 6.07 Å². The molecule has 0 fully saturated rings. The molecule has 8 nitrogen and oxygen atoms in total. The summed E-state index contributed by atoms with van der Waals surface area (Å²) in [5, 5.41) is 2.53. The SMILES string of the molecule is O=C(Nc1ccc(Oc2cc(-n3ccnc3)ncn2)cc1)c1ccccc1OC(F)(F)F. The number of anilines is 1. The van der Waals surface area contributed by atoms with Crippen LogP contribution in [0, 0.1) is 0 Å². The van der Waals surface area contributed by atoms with Crippen LogP contribution in [-0.2, 0) is 0 Å². The van der Waals surface area contributed by atoms with Crippen molar-refractivity contribution in [2.45, 2.75) is 6.36 Å². The van der Waals surface area contributed by atoms with Gasteiger partial charge in [-0.2, -0.15) is 0 Å². The summed E-state index contributed by atoms with van der Waals surface area (Å²) in [5.41, 5.74) is 0.101. The Bertz CT molecular complexity index is 1210. The van der Waals surface area contributed by atoms with E-state index in [9.17, 15) is 18.0 Å². The highest BCUT2D eigenvalue weighted by Gasteiger charge is 2.32. The standard InChI is InChI=1S/C21H14F3N5O3/c22-21(23,24)32-17-4-2-1-3-16(17)20(30)28-14-5-7-15(8-6-14)31-19-11-18(26-12-27-19)29-10-9-25-13-29/h1-13H,(H,28,30). The lowest BCUT2D eigenvalue weighted by Gasteiger charge is -2.13. The van der Waals surface area contributed by atoms with Gasteiger partial charge in [0.15, 0.2) is 0 Å². The highest BCUT2D eigenvalue weighted by molar-refractivity contribution is 6.06. The van der Waals surface area contributed by atoms with Gasteiger partial charge in [0.1, 0.15) is 30.0 Å². The Morgan fingerprint density at radius 2 is 1.81 bits per heavy atom. The molecule has 4 rings (SSSR count). The fourth-order valence-electron chi connectivity index (χ4n) is 2.71. The second-order valence-corrected chi connectivity index (χ2v) is 6.31. The molecule has 0 aliphatic rings. The first-order chi connectivity index (χ1) is 15.4. The minimum atomic E-state index is -4.91. The van der Waals surface area contributed by atoms with E-state index in [4.69, 9.17) is 4.74 Å². The number of hydrogen-bond donors (Lipinski definition) is 1. The molecule has 1 amide bonds. The summed E-state index contributed by atoms with van der Waals surface area (Å²) >= 11 is 0. The summed E-state index contributed by atoms with van der Waals surface area (Å²) in [6, 6.07) is 12.9. The van der Waals surface area contributed by atoms with Crippen LogP contribution in [0.4, 0.5) is 18.9 Å². The third-order valence-corrected chi connectivity index (χ3v) is 4.09. The molecular weight excluding hydrogens is 427 g/mol. The second kappa shape index (κ2) is 8.76. The Labute approximate surface area is 179 Å². The maximum Gasteiger partial charge on any atom is 0.573 e. The van der Waals surface area contributed by atoms with Crippen molar-refractivity contribution in [3.63, 3.8) is 0 Å². The van der Waals surface area contributed by atoms with Crippen molar-refractivity contribution >= 4 is 11.6 Å². The molecule has 0 saturated carbocycles. The molecule has 0 unspecified atom stereocenters. The molecular formula is C21H14F3N5O3. The predicted octanol–water partition coefficient (Wildman–Crippen LogP) is 4.61. The van der Waals surface area contributed by atoms with Crippen LogP contribution in [0.15, 0.2) is 79.6 Å². The molecule has 2 heterocycles. The molecule has 0 spiro atoms. The van der Waals surface area contributed by atoms with Gasteiger partial charge in [-0.25, -0.2) is 15.0 Å². The number of alkyl halides is 3. The van der Waals surface area contributed by atoms with Gasteiger partial charge in [-0.3, -0.25) is 9.36 Å². The third-order valence-electron chi connectivity index (χ3n) is 4.09. The van der Waals surface area contributed by atoms with E-state index in [1.807, 2.05) is 0 Å². The molecule has 0 radical (unpaired) electrons. The first-order valence-electron chi connectivity index (χ1n) is 9.12. The van der Waals surface area contributed by atoms with Gasteiger partial charge in [0, 0.05) is 24.1 Å². The molecule has 0 atom stereocenters. The van der Waals surface area contributed by atoms with E-state index < -0.39 is 18.0 Å². The molecule has 11 heteroatoms. The van der Waals surface area contributed by atoms with Crippen molar-refractivity contribution < 1.29 is 27.4 Å². The number of carbonyl (C=O) groups excluding carboxylic acids is 1. The smallest absolute Gasteiger partial charge is 0.439 e. The number of nitrogens with one attached hydrogen (secondary N) is 1. The number of aromatic nitrogens is 4. The number of amides is 1. The van der Waals surface area contributed by atoms with Crippen LogP contribution < -0.4 is 14.8 Å². The molecule has 2 aromatic heterocycles. The first-order valence-corrected chi connectivity index (χ1v) is 9.12. The van der Waals surface area contributed by atoms with E-state index in [2.05, 4.69) is 25.0 Å². The maximum atomic E-state index is 12.6. The lowest BCUT2D eigenvalue weighted by atomic mass is 10.2. The van der Waals surface area contributed by atoms with E-state index in [1.165, 1.54) is 24.5 Å². The topological polar surface area (TPSA) is 91.2 Å². The van der Waals surface area contributed by atoms with Crippen molar-refractivity contribution in [1.82, 2.24) is 19.5 Å². The third kappa shape index (κ3) is 5.19. The minimum Gasteiger partial charge on any atom is -0.439 e. The van der Waals surface area contributed by atoms with Gasteiger partial charge in [-0.05, 0) is 36.4 Å². The number of para-hydroxylation sites is 1. The van der Waals surface area contributed by atoms with Gasteiger partial charge in [0.2, 0.25) is 5.88 Å². The Morgan fingerprint density at radius 1 is 1.03 bits per heavy atom. The number of benzene rings is 2. The summed E-state index contributed by atoms with van der Waals surface area (Å²) < 4.78 is 49.0. The molecule has 32 heavy (non-hydrogen) atoms. The Balaban J connectivity index is 1.44. The quantitative estimate of drug-likeness (QED) is 0.470. The fourth-order valence-corrected chi connectivity index (χ4v) is 2.71. The van der Waals surface area contributed by atoms with Gasteiger partial charge in [-0.1, -0.05) is 12.1 Å². The predicted molar refractivity (Wildman–Crippen MR) is 107 cm³/mol. The van der Waals surface area contributed by atoms with Gasteiger partial charge in [0.25, 0.3) is 5.91 Å². The van der Waals surface area contributed by atoms with Crippen molar-refractivity contribution in [3.05, 3.63) is 85.2 Å².